The summed E-state index contributed by atoms with van der Waals surface area (Å²) >= 11 is 0. The second-order valence-corrected chi connectivity index (χ2v) is 10.5. The van der Waals surface area contributed by atoms with Crippen LogP contribution in [0.15, 0.2) is 78.3 Å². The second kappa shape index (κ2) is 9.17. The molecule has 0 radical (unpaired) electrons. The number of carbonyl (C=O) groups excluding carboxylic acids is 1. The maximum absolute atomic E-state index is 13.3. The Morgan fingerprint density at radius 1 is 1.15 bits per heavy atom. The number of amides is 1. The van der Waals surface area contributed by atoms with Crippen molar-refractivity contribution in [2.45, 2.75) is 30.1 Å². The van der Waals surface area contributed by atoms with Gasteiger partial charge >= 0.3 is 0 Å². The highest BCUT2D eigenvalue weighted by Crippen LogP contribution is 2.34. The molecule has 34 heavy (non-hydrogen) atoms. The number of benzene rings is 2. The zero-order valence-electron chi connectivity index (χ0n) is 18.6. The van der Waals surface area contributed by atoms with Crippen LogP contribution in [0.3, 0.4) is 0 Å². The fourth-order valence-electron chi connectivity index (χ4n) is 4.59. The third-order valence-corrected chi connectivity index (χ3v) is 8.28. The first-order valence-electron chi connectivity index (χ1n) is 11.2. The van der Waals surface area contributed by atoms with E-state index in [9.17, 15) is 13.2 Å². The van der Waals surface area contributed by atoms with Crippen molar-refractivity contribution in [3.63, 3.8) is 0 Å². The standard InChI is InChI=1S/C25H26N4O4S/c1-2-24(30)28-25-14-18-11-12-29(16-22(18)33-25)34(31,32)21-9-7-20(8-10-21)27-23-13-17-5-3-4-6-19(17)15-26-23/h2-10,13,15,18,22,25H,1,11-12,14,16H2,(H,26,27)(H,28,30). The number of anilines is 2. The Kier molecular flexibility index (Phi) is 6.07. The molecule has 1 amide bonds. The Labute approximate surface area is 198 Å². The number of ether oxygens (including phenoxy) is 1. The number of pyridine rings is 1. The summed E-state index contributed by atoms with van der Waals surface area (Å²) in [5.74, 6) is 0.621. The monoisotopic (exact) mass is 478 g/mol. The van der Waals surface area contributed by atoms with Crippen LogP contribution in [-0.2, 0) is 19.6 Å². The third kappa shape index (κ3) is 4.54. The Bertz CT molecular complexity index is 1330. The largest absolute Gasteiger partial charge is 0.354 e. The van der Waals surface area contributed by atoms with Gasteiger partial charge in [0.25, 0.3) is 0 Å². The summed E-state index contributed by atoms with van der Waals surface area (Å²) in [6.07, 6.45) is 3.74. The van der Waals surface area contributed by atoms with Gasteiger partial charge in [-0.1, -0.05) is 30.8 Å². The number of fused-ring (bicyclic) bond motifs is 2. The normalized spacial score (nSPS) is 22.8. The molecule has 0 bridgehead atoms. The minimum absolute atomic E-state index is 0.225. The van der Waals surface area contributed by atoms with Crippen molar-refractivity contribution in [2.24, 2.45) is 5.92 Å². The van der Waals surface area contributed by atoms with Gasteiger partial charge in [-0.05, 0) is 60.6 Å². The zero-order valence-corrected chi connectivity index (χ0v) is 19.4. The molecule has 8 nitrogen and oxygen atoms in total. The number of nitrogens with one attached hydrogen (secondary N) is 2. The van der Waals surface area contributed by atoms with Crippen LogP contribution in [0.5, 0.6) is 0 Å². The summed E-state index contributed by atoms with van der Waals surface area (Å²) in [5, 5.41) is 8.10. The number of carbonyl (C=O) groups is 1. The summed E-state index contributed by atoms with van der Waals surface area (Å²) < 4.78 is 33.9. The fourth-order valence-corrected chi connectivity index (χ4v) is 6.06. The highest BCUT2D eigenvalue weighted by Gasteiger charge is 2.42. The molecule has 2 aliphatic rings. The fraction of sp³-hybridized carbons (Fsp3) is 0.280. The van der Waals surface area contributed by atoms with Gasteiger partial charge in [0.05, 0.1) is 11.0 Å². The molecule has 3 aromatic rings. The summed E-state index contributed by atoms with van der Waals surface area (Å²) in [4.78, 5) is 16.2. The van der Waals surface area contributed by atoms with Crippen molar-refractivity contribution < 1.29 is 17.9 Å². The first kappa shape index (κ1) is 22.5. The van der Waals surface area contributed by atoms with E-state index in [1.807, 2.05) is 30.3 Å². The van der Waals surface area contributed by atoms with Gasteiger partial charge in [-0.3, -0.25) is 4.79 Å². The molecule has 2 saturated heterocycles. The number of hydrogen-bond acceptors (Lipinski definition) is 6. The lowest BCUT2D eigenvalue weighted by atomic mass is 9.94. The van der Waals surface area contributed by atoms with Gasteiger partial charge in [0, 0.05) is 30.4 Å². The number of nitrogens with zero attached hydrogens (tertiary/aromatic N) is 2. The van der Waals surface area contributed by atoms with E-state index in [-0.39, 0.29) is 29.4 Å². The molecule has 5 rings (SSSR count). The number of sulfonamides is 1. The molecular formula is C25H26N4O4S. The van der Waals surface area contributed by atoms with Crippen molar-refractivity contribution in [1.82, 2.24) is 14.6 Å². The van der Waals surface area contributed by atoms with E-state index in [0.717, 1.165) is 16.5 Å². The average molecular weight is 479 g/mol. The van der Waals surface area contributed by atoms with Gasteiger partial charge in [0.2, 0.25) is 15.9 Å². The Balaban J connectivity index is 1.25. The Morgan fingerprint density at radius 3 is 2.68 bits per heavy atom. The number of hydrogen-bond donors (Lipinski definition) is 2. The summed E-state index contributed by atoms with van der Waals surface area (Å²) in [5.41, 5.74) is 0.750. The molecule has 176 valence electrons. The SMILES string of the molecule is C=CC(=O)NC1CC2CCN(S(=O)(=O)c3ccc(Nc4cc5ccccc5cn4)cc3)CC2O1. The molecule has 3 heterocycles. The van der Waals surface area contributed by atoms with Crippen LogP contribution in [-0.4, -0.2) is 49.0 Å². The Morgan fingerprint density at radius 2 is 1.91 bits per heavy atom. The maximum Gasteiger partial charge on any atom is 0.245 e. The first-order valence-corrected chi connectivity index (χ1v) is 12.7. The molecule has 2 aromatic carbocycles. The van der Waals surface area contributed by atoms with Crippen LogP contribution < -0.4 is 10.6 Å². The number of piperidine rings is 1. The van der Waals surface area contributed by atoms with Gasteiger partial charge in [0.15, 0.2) is 0 Å². The van der Waals surface area contributed by atoms with Crippen LogP contribution in [0.4, 0.5) is 11.5 Å². The molecule has 0 aliphatic carbocycles. The minimum atomic E-state index is -3.66. The van der Waals surface area contributed by atoms with Gasteiger partial charge in [0.1, 0.15) is 12.0 Å². The van der Waals surface area contributed by atoms with Crippen molar-refractivity contribution in [3.05, 3.63) is 73.4 Å². The maximum atomic E-state index is 13.3. The van der Waals surface area contributed by atoms with E-state index in [2.05, 4.69) is 22.2 Å². The van der Waals surface area contributed by atoms with E-state index in [1.54, 1.807) is 30.5 Å². The molecule has 2 fully saturated rings. The Hall–Kier alpha value is -3.27. The lowest BCUT2D eigenvalue weighted by molar-refractivity contribution is -0.120. The molecule has 3 unspecified atom stereocenters. The van der Waals surface area contributed by atoms with Crippen molar-refractivity contribution in [1.29, 1.82) is 0 Å². The summed E-state index contributed by atoms with van der Waals surface area (Å²) in [6.45, 7) is 4.15. The van der Waals surface area contributed by atoms with E-state index in [1.165, 1.54) is 10.4 Å². The van der Waals surface area contributed by atoms with E-state index in [0.29, 0.717) is 25.2 Å². The van der Waals surface area contributed by atoms with Crippen LogP contribution in [0.1, 0.15) is 12.8 Å². The molecule has 2 N–H and O–H groups in total. The lowest BCUT2D eigenvalue weighted by Gasteiger charge is -2.33. The van der Waals surface area contributed by atoms with Crippen molar-refractivity contribution >= 4 is 38.2 Å². The number of aromatic nitrogens is 1. The smallest absolute Gasteiger partial charge is 0.245 e. The van der Waals surface area contributed by atoms with E-state index >= 15 is 0 Å². The van der Waals surface area contributed by atoms with Crippen LogP contribution >= 0.6 is 0 Å². The van der Waals surface area contributed by atoms with E-state index < -0.39 is 16.3 Å². The highest BCUT2D eigenvalue weighted by molar-refractivity contribution is 7.89. The molecule has 1 aromatic heterocycles. The van der Waals surface area contributed by atoms with Crippen molar-refractivity contribution in [3.8, 4) is 0 Å². The van der Waals surface area contributed by atoms with Crippen molar-refractivity contribution in [2.75, 3.05) is 18.4 Å². The lowest BCUT2D eigenvalue weighted by Crippen LogP contribution is -2.45. The molecule has 2 aliphatic heterocycles. The van der Waals surface area contributed by atoms with Gasteiger partial charge < -0.3 is 15.4 Å². The van der Waals surface area contributed by atoms with Crippen LogP contribution in [0.2, 0.25) is 0 Å². The molecule has 9 heteroatoms. The minimum Gasteiger partial charge on any atom is -0.354 e. The first-order chi connectivity index (χ1) is 16.4. The molecule has 0 spiro atoms. The molecule has 0 saturated carbocycles. The number of rotatable bonds is 6. The summed E-state index contributed by atoms with van der Waals surface area (Å²) in [7, 11) is -3.66. The van der Waals surface area contributed by atoms with Crippen LogP contribution in [0, 0.1) is 5.92 Å². The third-order valence-electron chi connectivity index (χ3n) is 6.40. The van der Waals surface area contributed by atoms with Gasteiger partial charge in [-0.2, -0.15) is 4.31 Å². The average Bonchev–Trinajstić information content (AvgIpc) is 3.25. The second-order valence-electron chi connectivity index (χ2n) is 8.59. The molecule has 3 atom stereocenters. The van der Waals surface area contributed by atoms with Gasteiger partial charge in [-0.15, -0.1) is 0 Å². The quantitative estimate of drug-likeness (QED) is 0.527. The highest BCUT2D eigenvalue weighted by atomic mass is 32.2. The van der Waals surface area contributed by atoms with Gasteiger partial charge in [-0.25, -0.2) is 13.4 Å². The predicted molar refractivity (Wildman–Crippen MR) is 130 cm³/mol. The topological polar surface area (TPSA) is 101 Å². The summed E-state index contributed by atoms with van der Waals surface area (Å²) in [6, 6.07) is 16.6. The predicted octanol–water partition coefficient (Wildman–Crippen LogP) is 3.41. The van der Waals surface area contributed by atoms with Crippen LogP contribution in [0.25, 0.3) is 10.8 Å². The van der Waals surface area contributed by atoms with E-state index in [4.69, 9.17) is 4.74 Å². The zero-order chi connectivity index (χ0) is 23.7. The molecular weight excluding hydrogens is 452 g/mol.